The van der Waals surface area contributed by atoms with Crippen molar-refractivity contribution in [3.63, 3.8) is 0 Å². The van der Waals surface area contributed by atoms with Gasteiger partial charge in [-0.1, -0.05) is 18.2 Å². The molecule has 134 valence electrons. The first-order chi connectivity index (χ1) is 12.5. The molecule has 0 aliphatic rings. The molecule has 0 saturated heterocycles. The lowest BCUT2D eigenvalue weighted by Crippen LogP contribution is -2.06. The number of hydrogen-bond acceptors (Lipinski definition) is 2. The smallest absolute Gasteiger partial charge is 0.155 e. The van der Waals surface area contributed by atoms with Crippen molar-refractivity contribution in [1.29, 1.82) is 0 Å². The zero-order valence-corrected chi connectivity index (χ0v) is 16.7. The molecule has 0 amide bonds. The third kappa shape index (κ3) is 4.99. The molecule has 2 atom stereocenters. The molecule has 0 saturated carbocycles. The Balaban J connectivity index is 1.67. The van der Waals surface area contributed by atoms with E-state index in [9.17, 15) is 10.2 Å². The molecule has 0 fully saturated rings. The Labute approximate surface area is 161 Å². The van der Waals surface area contributed by atoms with E-state index in [1.54, 1.807) is 24.3 Å². The van der Waals surface area contributed by atoms with Crippen molar-refractivity contribution in [2.24, 2.45) is 0 Å². The fraction of sp³-hybridized carbons (Fsp3) is 0.182. The molecular weight excluding hydrogens is 360 g/mol. The van der Waals surface area contributed by atoms with Gasteiger partial charge in [0.25, 0.3) is 0 Å². The van der Waals surface area contributed by atoms with E-state index in [0.717, 1.165) is 11.5 Å². The van der Waals surface area contributed by atoms with Crippen LogP contribution in [0.15, 0.2) is 82.6 Å². The molecule has 4 heteroatoms. The maximum atomic E-state index is 9.45. The maximum absolute atomic E-state index is 9.45. The van der Waals surface area contributed by atoms with Crippen molar-refractivity contribution >= 4 is 21.8 Å². The average Bonchev–Trinajstić information content (AvgIpc) is 2.63. The van der Waals surface area contributed by atoms with Gasteiger partial charge in [-0.2, -0.15) is 0 Å². The van der Waals surface area contributed by atoms with Gasteiger partial charge in [-0.25, -0.2) is 0 Å². The molecular formula is C22H24O2S2+2. The highest BCUT2D eigenvalue weighted by molar-refractivity contribution is 7.95. The lowest BCUT2D eigenvalue weighted by atomic mass is 10.2. The number of benzene rings is 3. The minimum Gasteiger partial charge on any atom is -0.508 e. The standard InChI is InChI=1S/C22H22O2S2/c1-25(21-10-6-19(23)7-11-21)15-17-4-3-5-18(14-17)16-26(2)22-12-8-20(24)9-13-22/h3-14H,15-16H2,1-2H3/p+2. The van der Waals surface area contributed by atoms with Crippen LogP contribution < -0.4 is 0 Å². The topological polar surface area (TPSA) is 40.5 Å². The largest absolute Gasteiger partial charge is 0.508 e. The van der Waals surface area contributed by atoms with E-state index < -0.39 is 0 Å². The highest BCUT2D eigenvalue weighted by Crippen LogP contribution is 2.23. The summed E-state index contributed by atoms with van der Waals surface area (Å²) in [6.07, 6.45) is 4.50. The first-order valence-electron chi connectivity index (χ1n) is 8.42. The van der Waals surface area contributed by atoms with Gasteiger partial charge in [-0.05, 0) is 54.6 Å². The molecule has 3 aromatic carbocycles. The van der Waals surface area contributed by atoms with Crippen LogP contribution in [0.25, 0.3) is 0 Å². The zero-order valence-electron chi connectivity index (χ0n) is 15.1. The highest BCUT2D eigenvalue weighted by Gasteiger charge is 2.19. The average molecular weight is 385 g/mol. The van der Waals surface area contributed by atoms with Crippen molar-refractivity contribution in [3.8, 4) is 11.5 Å². The molecule has 0 aromatic heterocycles. The molecule has 0 heterocycles. The summed E-state index contributed by atoms with van der Waals surface area (Å²) in [5.41, 5.74) is 2.70. The summed E-state index contributed by atoms with van der Waals surface area (Å²) in [5, 5.41) is 18.9. The third-order valence-electron chi connectivity index (χ3n) is 4.24. The van der Waals surface area contributed by atoms with Gasteiger partial charge in [0.1, 0.15) is 35.5 Å². The summed E-state index contributed by atoms with van der Waals surface area (Å²) in [5.74, 6) is 2.65. The van der Waals surface area contributed by atoms with E-state index in [-0.39, 0.29) is 21.8 Å². The molecule has 2 unspecified atom stereocenters. The molecule has 26 heavy (non-hydrogen) atoms. The Morgan fingerprint density at radius 1 is 0.615 bits per heavy atom. The first-order valence-corrected chi connectivity index (χ1v) is 12.0. The molecule has 3 rings (SSSR count). The van der Waals surface area contributed by atoms with Crippen molar-refractivity contribution < 1.29 is 10.2 Å². The summed E-state index contributed by atoms with van der Waals surface area (Å²) < 4.78 is 0. The van der Waals surface area contributed by atoms with Gasteiger partial charge in [-0.3, -0.25) is 0 Å². The van der Waals surface area contributed by atoms with Crippen LogP contribution in [0.4, 0.5) is 0 Å². The van der Waals surface area contributed by atoms with E-state index in [2.05, 4.69) is 36.8 Å². The minimum absolute atomic E-state index is 0.111. The predicted octanol–water partition coefficient (Wildman–Crippen LogP) is 4.71. The van der Waals surface area contributed by atoms with Crippen molar-refractivity contribution in [1.82, 2.24) is 0 Å². The Kier molecular flexibility index (Phi) is 6.17. The van der Waals surface area contributed by atoms with Crippen LogP contribution in [0.3, 0.4) is 0 Å². The number of phenols is 2. The molecule has 0 aliphatic heterocycles. The van der Waals surface area contributed by atoms with Crippen molar-refractivity contribution in [2.45, 2.75) is 21.3 Å². The Morgan fingerprint density at radius 2 is 1.00 bits per heavy atom. The summed E-state index contributed by atoms with van der Waals surface area (Å²) >= 11 is 0. The number of phenolic OH excluding ortho intramolecular Hbond substituents is 2. The third-order valence-corrected chi connectivity index (χ3v) is 7.92. The van der Waals surface area contributed by atoms with E-state index in [1.807, 2.05) is 24.3 Å². The van der Waals surface area contributed by atoms with E-state index in [0.29, 0.717) is 11.5 Å². The van der Waals surface area contributed by atoms with Gasteiger partial charge in [-0.15, -0.1) is 0 Å². The Bertz CT molecular complexity index is 776. The van der Waals surface area contributed by atoms with Crippen LogP contribution >= 0.6 is 0 Å². The normalized spacial score (nSPS) is 13.3. The summed E-state index contributed by atoms with van der Waals surface area (Å²) in [7, 11) is 0.222. The maximum Gasteiger partial charge on any atom is 0.155 e. The second-order valence-electron chi connectivity index (χ2n) is 6.37. The number of hydrogen-bond donors (Lipinski definition) is 2. The number of aromatic hydroxyl groups is 2. The summed E-state index contributed by atoms with van der Waals surface area (Å²) in [4.78, 5) is 2.54. The molecule has 0 spiro atoms. The Hall–Kier alpha value is -2.04. The van der Waals surface area contributed by atoms with Gasteiger partial charge in [0, 0.05) is 32.9 Å². The van der Waals surface area contributed by atoms with Crippen LogP contribution in [-0.4, -0.2) is 22.7 Å². The second kappa shape index (κ2) is 8.56. The van der Waals surface area contributed by atoms with E-state index in [4.69, 9.17) is 0 Å². The molecule has 0 aliphatic carbocycles. The van der Waals surface area contributed by atoms with Gasteiger partial charge < -0.3 is 10.2 Å². The van der Waals surface area contributed by atoms with E-state index >= 15 is 0 Å². The molecule has 2 nitrogen and oxygen atoms in total. The van der Waals surface area contributed by atoms with Gasteiger partial charge in [0.05, 0.1) is 0 Å². The monoisotopic (exact) mass is 384 g/mol. The Morgan fingerprint density at radius 3 is 1.38 bits per heavy atom. The lowest BCUT2D eigenvalue weighted by molar-refractivity contribution is 0.474. The zero-order chi connectivity index (χ0) is 18.5. The predicted molar refractivity (Wildman–Crippen MR) is 113 cm³/mol. The fourth-order valence-corrected chi connectivity index (χ4v) is 5.73. The van der Waals surface area contributed by atoms with Crippen LogP contribution in [-0.2, 0) is 33.3 Å². The summed E-state index contributed by atoms with van der Waals surface area (Å²) in [6, 6.07) is 23.9. The second-order valence-corrected chi connectivity index (χ2v) is 10.4. The van der Waals surface area contributed by atoms with Gasteiger partial charge in [0.2, 0.25) is 0 Å². The van der Waals surface area contributed by atoms with Crippen molar-refractivity contribution in [2.75, 3.05) is 12.5 Å². The van der Waals surface area contributed by atoms with Crippen LogP contribution in [0.2, 0.25) is 0 Å². The van der Waals surface area contributed by atoms with Crippen LogP contribution in [0.5, 0.6) is 11.5 Å². The first kappa shape index (κ1) is 18.7. The molecule has 2 N–H and O–H groups in total. The fourth-order valence-electron chi connectivity index (χ4n) is 2.83. The lowest BCUT2D eigenvalue weighted by Gasteiger charge is -2.07. The number of rotatable bonds is 6. The highest BCUT2D eigenvalue weighted by atomic mass is 32.2. The summed E-state index contributed by atoms with van der Waals surface area (Å²) in [6.45, 7) is 0. The minimum atomic E-state index is 0.111. The van der Waals surface area contributed by atoms with Crippen LogP contribution in [0.1, 0.15) is 11.1 Å². The van der Waals surface area contributed by atoms with E-state index in [1.165, 1.54) is 20.9 Å². The van der Waals surface area contributed by atoms with Gasteiger partial charge in [0.15, 0.2) is 9.79 Å². The SMILES string of the molecule is C[S+](Cc1cccc(C[S+](C)c2ccc(O)cc2)c1)c1ccc(O)cc1. The van der Waals surface area contributed by atoms with Gasteiger partial charge >= 0.3 is 0 Å². The quantitative estimate of drug-likeness (QED) is 0.604. The molecule has 3 aromatic rings. The van der Waals surface area contributed by atoms with Crippen LogP contribution in [0, 0.1) is 0 Å². The van der Waals surface area contributed by atoms with Crippen molar-refractivity contribution in [3.05, 3.63) is 83.9 Å². The molecule has 0 bridgehead atoms. The molecule has 0 radical (unpaired) electrons.